The molecule has 0 spiro atoms. The predicted molar refractivity (Wildman–Crippen MR) is 72.0 cm³/mol. The number of alkyl halides is 5. The van der Waals surface area contributed by atoms with Crippen LogP contribution in [0.25, 0.3) is 5.69 Å². The molecule has 120 valence electrons. The SMILES string of the molecule is Cc1cccc(OCC(F)(F)C(F)(F)F)c1-n1ccc(Cl)c1. The van der Waals surface area contributed by atoms with Crippen molar-refractivity contribution in [1.29, 1.82) is 0 Å². The van der Waals surface area contributed by atoms with Crippen molar-refractivity contribution in [3.05, 3.63) is 47.2 Å². The molecule has 2 rings (SSSR count). The highest BCUT2D eigenvalue weighted by molar-refractivity contribution is 6.30. The van der Waals surface area contributed by atoms with E-state index < -0.39 is 18.7 Å². The van der Waals surface area contributed by atoms with Gasteiger partial charge in [0, 0.05) is 12.4 Å². The van der Waals surface area contributed by atoms with Crippen molar-refractivity contribution in [2.24, 2.45) is 0 Å². The van der Waals surface area contributed by atoms with Gasteiger partial charge in [-0.25, -0.2) is 0 Å². The first-order chi connectivity index (χ1) is 10.1. The summed E-state index contributed by atoms with van der Waals surface area (Å²) in [7, 11) is 0. The van der Waals surface area contributed by atoms with Crippen molar-refractivity contribution in [3.8, 4) is 11.4 Å². The molecule has 0 unspecified atom stereocenters. The maximum atomic E-state index is 13.0. The zero-order valence-electron chi connectivity index (χ0n) is 11.3. The number of hydrogen-bond donors (Lipinski definition) is 0. The molecule has 0 radical (unpaired) electrons. The second-order valence-electron chi connectivity index (χ2n) is 4.65. The van der Waals surface area contributed by atoms with Gasteiger partial charge >= 0.3 is 12.1 Å². The van der Waals surface area contributed by atoms with Gasteiger partial charge in [0.05, 0.1) is 10.7 Å². The molecule has 8 heteroatoms. The third kappa shape index (κ3) is 3.35. The van der Waals surface area contributed by atoms with Gasteiger partial charge in [-0.15, -0.1) is 0 Å². The fraction of sp³-hybridized carbons (Fsp3) is 0.286. The predicted octanol–water partition coefficient (Wildman–Crippen LogP) is 5.02. The second kappa shape index (κ2) is 5.79. The highest BCUT2D eigenvalue weighted by atomic mass is 35.5. The Kier molecular flexibility index (Phi) is 4.37. The van der Waals surface area contributed by atoms with Crippen molar-refractivity contribution >= 4 is 11.6 Å². The Bertz CT molecular complexity index is 665. The van der Waals surface area contributed by atoms with Gasteiger partial charge in [-0.2, -0.15) is 22.0 Å². The number of halogens is 6. The number of aryl methyl sites for hydroxylation is 1. The summed E-state index contributed by atoms with van der Waals surface area (Å²) in [6.45, 7) is -0.111. The number of ether oxygens (including phenoxy) is 1. The zero-order valence-corrected chi connectivity index (χ0v) is 12.1. The summed E-state index contributed by atoms with van der Waals surface area (Å²) >= 11 is 5.79. The third-order valence-electron chi connectivity index (χ3n) is 2.94. The Morgan fingerprint density at radius 2 is 1.82 bits per heavy atom. The summed E-state index contributed by atoms with van der Waals surface area (Å²) in [5.41, 5.74) is 0.993. The van der Waals surface area contributed by atoms with Crippen molar-refractivity contribution in [1.82, 2.24) is 4.57 Å². The number of para-hydroxylation sites is 1. The van der Waals surface area contributed by atoms with Gasteiger partial charge in [-0.1, -0.05) is 23.7 Å². The largest absolute Gasteiger partial charge is 0.485 e. The Balaban J connectivity index is 2.31. The third-order valence-corrected chi connectivity index (χ3v) is 3.16. The molecule has 0 aliphatic carbocycles. The minimum Gasteiger partial charge on any atom is -0.485 e. The zero-order chi connectivity index (χ0) is 16.5. The normalized spacial score (nSPS) is 12.5. The monoisotopic (exact) mass is 339 g/mol. The lowest BCUT2D eigenvalue weighted by molar-refractivity contribution is -0.290. The topological polar surface area (TPSA) is 14.2 Å². The summed E-state index contributed by atoms with van der Waals surface area (Å²) in [6, 6.07) is 6.06. The minimum atomic E-state index is -5.66. The molecule has 0 aliphatic heterocycles. The first kappa shape index (κ1) is 16.6. The Labute approximate surface area is 128 Å². The Morgan fingerprint density at radius 3 is 2.36 bits per heavy atom. The van der Waals surface area contributed by atoms with Gasteiger partial charge in [-0.3, -0.25) is 0 Å². The van der Waals surface area contributed by atoms with Gasteiger partial charge < -0.3 is 9.30 Å². The molecule has 0 amide bonds. The summed E-state index contributed by atoms with van der Waals surface area (Å²) in [6.07, 6.45) is -2.61. The quantitative estimate of drug-likeness (QED) is 0.714. The van der Waals surface area contributed by atoms with Crippen molar-refractivity contribution in [2.75, 3.05) is 6.61 Å². The lowest BCUT2D eigenvalue weighted by atomic mass is 10.2. The maximum Gasteiger partial charge on any atom is 0.456 e. The molecule has 0 bridgehead atoms. The fourth-order valence-electron chi connectivity index (χ4n) is 1.84. The molecule has 22 heavy (non-hydrogen) atoms. The van der Waals surface area contributed by atoms with Crippen LogP contribution in [0.5, 0.6) is 5.75 Å². The van der Waals surface area contributed by atoms with Crippen molar-refractivity contribution in [2.45, 2.75) is 19.0 Å². The van der Waals surface area contributed by atoms with Gasteiger partial charge in [0.15, 0.2) is 6.61 Å². The molecule has 0 aliphatic rings. The lowest BCUT2D eigenvalue weighted by Crippen LogP contribution is -2.41. The highest BCUT2D eigenvalue weighted by Gasteiger charge is 2.58. The van der Waals surface area contributed by atoms with E-state index in [2.05, 4.69) is 0 Å². The first-order valence-electron chi connectivity index (χ1n) is 6.12. The summed E-state index contributed by atoms with van der Waals surface area (Å²) in [4.78, 5) is 0. The molecule has 0 atom stereocenters. The molecule has 2 nitrogen and oxygen atoms in total. The van der Waals surface area contributed by atoms with Crippen LogP contribution in [0.3, 0.4) is 0 Å². The number of aromatic nitrogens is 1. The van der Waals surface area contributed by atoms with E-state index in [1.54, 1.807) is 25.3 Å². The van der Waals surface area contributed by atoms with Crippen LogP contribution in [0.2, 0.25) is 5.02 Å². The smallest absolute Gasteiger partial charge is 0.456 e. The van der Waals surface area contributed by atoms with Gasteiger partial charge in [0.2, 0.25) is 0 Å². The van der Waals surface area contributed by atoms with Crippen LogP contribution in [-0.4, -0.2) is 23.3 Å². The van der Waals surface area contributed by atoms with E-state index in [1.807, 2.05) is 0 Å². The molecule has 0 saturated carbocycles. The molecule has 2 aromatic rings. The van der Waals surface area contributed by atoms with E-state index in [4.69, 9.17) is 16.3 Å². The van der Waals surface area contributed by atoms with E-state index in [9.17, 15) is 22.0 Å². The van der Waals surface area contributed by atoms with Gasteiger partial charge in [0.25, 0.3) is 0 Å². The number of benzene rings is 1. The highest BCUT2D eigenvalue weighted by Crippen LogP contribution is 2.37. The van der Waals surface area contributed by atoms with Crippen molar-refractivity contribution in [3.63, 3.8) is 0 Å². The molecule has 1 aromatic carbocycles. The van der Waals surface area contributed by atoms with E-state index in [1.165, 1.54) is 22.9 Å². The molecule has 1 aromatic heterocycles. The fourth-order valence-corrected chi connectivity index (χ4v) is 2.00. The van der Waals surface area contributed by atoms with E-state index in [0.717, 1.165) is 0 Å². The average molecular weight is 340 g/mol. The van der Waals surface area contributed by atoms with E-state index >= 15 is 0 Å². The van der Waals surface area contributed by atoms with E-state index in [0.29, 0.717) is 16.3 Å². The molecule has 0 N–H and O–H groups in total. The molecule has 0 fully saturated rings. The Morgan fingerprint density at radius 1 is 1.14 bits per heavy atom. The van der Waals surface area contributed by atoms with Crippen LogP contribution in [-0.2, 0) is 0 Å². The second-order valence-corrected chi connectivity index (χ2v) is 5.09. The molecular weight excluding hydrogens is 329 g/mol. The molecule has 1 heterocycles. The van der Waals surface area contributed by atoms with Crippen LogP contribution >= 0.6 is 11.6 Å². The maximum absolute atomic E-state index is 13.0. The first-order valence-corrected chi connectivity index (χ1v) is 6.50. The standard InChI is InChI=1S/C14H11ClF5NO/c1-9-3-2-4-11(12(9)21-6-5-10(15)7-21)22-8-13(16,17)14(18,19)20/h2-7H,8H2,1H3. The molecule has 0 saturated heterocycles. The minimum absolute atomic E-state index is 0.0869. The van der Waals surface area contributed by atoms with Crippen molar-refractivity contribution < 1.29 is 26.7 Å². The van der Waals surface area contributed by atoms with Crippen LogP contribution < -0.4 is 4.74 Å². The van der Waals surface area contributed by atoms with Crippen LogP contribution in [0.1, 0.15) is 5.56 Å². The van der Waals surface area contributed by atoms with Gasteiger partial charge in [-0.05, 0) is 24.6 Å². The number of rotatable bonds is 4. The lowest BCUT2D eigenvalue weighted by Gasteiger charge is -2.21. The van der Waals surface area contributed by atoms with Crippen LogP contribution in [0.4, 0.5) is 22.0 Å². The molecular formula is C14H11ClF5NO. The Hall–Kier alpha value is -1.76. The van der Waals surface area contributed by atoms with Gasteiger partial charge in [0.1, 0.15) is 5.75 Å². The average Bonchev–Trinajstić information content (AvgIpc) is 2.81. The summed E-state index contributed by atoms with van der Waals surface area (Å²) in [5.74, 6) is -5.02. The summed E-state index contributed by atoms with van der Waals surface area (Å²) < 4.78 is 68.8. The number of nitrogens with zero attached hydrogens (tertiary/aromatic N) is 1. The van der Waals surface area contributed by atoms with Crippen LogP contribution in [0.15, 0.2) is 36.7 Å². The van der Waals surface area contributed by atoms with E-state index in [-0.39, 0.29) is 5.75 Å². The summed E-state index contributed by atoms with van der Waals surface area (Å²) in [5, 5.41) is 0.398. The number of hydrogen-bond acceptors (Lipinski definition) is 1. The van der Waals surface area contributed by atoms with Crippen LogP contribution in [0, 0.1) is 6.92 Å².